The van der Waals surface area contributed by atoms with E-state index in [9.17, 15) is 13.2 Å². The van der Waals surface area contributed by atoms with E-state index in [1.807, 2.05) is 0 Å². The fraction of sp³-hybridized carbons (Fsp3) is 0.769. The molecule has 0 radical (unpaired) electrons. The third-order valence-corrected chi connectivity index (χ3v) is 4.57. The van der Waals surface area contributed by atoms with E-state index in [0.29, 0.717) is 17.7 Å². The van der Waals surface area contributed by atoms with Crippen LogP contribution in [0.3, 0.4) is 0 Å². The van der Waals surface area contributed by atoms with Crippen LogP contribution in [0, 0.1) is 5.41 Å². The number of halogens is 3. The molecule has 4 nitrogen and oxygen atoms in total. The first kappa shape index (κ1) is 13.9. The number of hydrogen-bond acceptors (Lipinski definition) is 3. The van der Waals surface area contributed by atoms with Gasteiger partial charge in [-0.1, -0.05) is 0 Å². The zero-order valence-corrected chi connectivity index (χ0v) is 11.5. The first-order chi connectivity index (χ1) is 9.38. The van der Waals surface area contributed by atoms with Gasteiger partial charge >= 0.3 is 6.18 Å². The van der Waals surface area contributed by atoms with Crippen molar-refractivity contribution in [1.29, 1.82) is 0 Å². The summed E-state index contributed by atoms with van der Waals surface area (Å²) in [6.45, 7) is 4.63. The lowest BCUT2D eigenvalue weighted by Crippen LogP contribution is -2.58. The predicted molar refractivity (Wildman–Crippen MR) is 68.0 cm³/mol. The van der Waals surface area contributed by atoms with Crippen LogP contribution in [-0.4, -0.2) is 40.9 Å². The molecule has 1 aromatic rings. The van der Waals surface area contributed by atoms with Crippen LogP contribution in [0.25, 0.3) is 0 Å². The van der Waals surface area contributed by atoms with E-state index < -0.39 is 11.9 Å². The Bertz CT molecular complexity index is 480. The Hall–Kier alpha value is -1.08. The molecule has 0 aromatic carbocycles. The molecule has 2 aliphatic heterocycles. The molecule has 2 fully saturated rings. The first-order valence-electron chi connectivity index (χ1n) is 6.91. The molecule has 1 aromatic heterocycles. The number of aromatic nitrogens is 2. The van der Waals surface area contributed by atoms with Crippen molar-refractivity contribution in [2.75, 3.05) is 26.2 Å². The molecule has 112 valence electrons. The molecule has 3 heterocycles. The lowest BCUT2D eigenvalue weighted by Gasteiger charge is -2.48. The molecule has 0 amide bonds. The summed E-state index contributed by atoms with van der Waals surface area (Å²) in [6, 6.07) is 1.16. The van der Waals surface area contributed by atoms with Gasteiger partial charge in [-0.2, -0.15) is 18.3 Å². The van der Waals surface area contributed by atoms with Crippen LogP contribution < -0.4 is 5.32 Å². The van der Waals surface area contributed by atoms with E-state index in [4.69, 9.17) is 0 Å². The molecule has 1 N–H and O–H groups in total. The van der Waals surface area contributed by atoms with Crippen LogP contribution in [0.5, 0.6) is 0 Å². The van der Waals surface area contributed by atoms with E-state index in [-0.39, 0.29) is 0 Å². The van der Waals surface area contributed by atoms with Gasteiger partial charge in [0.2, 0.25) is 0 Å². The minimum Gasteiger partial charge on any atom is -0.316 e. The minimum absolute atomic E-state index is 0.458. The normalized spacial score (nSPS) is 23.0. The second-order valence-electron chi connectivity index (χ2n) is 6.02. The average Bonchev–Trinajstić information content (AvgIpc) is 2.70. The van der Waals surface area contributed by atoms with Gasteiger partial charge in [-0.25, -0.2) is 0 Å². The van der Waals surface area contributed by atoms with E-state index in [1.54, 1.807) is 7.05 Å². The van der Waals surface area contributed by atoms with Crippen LogP contribution >= 0.6 is 0 Å². The van der Waals surface area contributed by atoms with Gasteiger partial charge in [0.15, 0.2) is 5.69 Å². The van der Waals surface area contributed by atoms with E-state index in [2.05, 4.69) is 15.3 Å². The molecule has 0 atom stereocenters. The Labute approximate surface area is 115 Å². The van der Waals surface area contributed by atoms with Gasteiger partial charge < -0.3 is 5.32 Å². The monoisotopic (exact) mass is 288 g/mol. The summed E-state index contributed by atoms with van der Waals surface area (Å²) in [6.07, 6.45) is -2.10. The van der Waals surface area contributed by atoms with Gasteiger partial charge in [-0.3, -0.25) is 9.58 Å². The fourth-order valence-corrected chi connectivity index (χ4v) is 3.04. The van der Waals surface area contributed by atoms with Crippen LogP contribution in [-0.2, 0) is 19.8 Å². The van der Waals surface area contributed by atoms with E-state index in [1.165, 1.54) is 4.68 Å². The molecule has 0 saturated carbocycles. The quantitative estimate of drug-likeness (QED) is 0.898. The van der Waals surface area contributed by atoms with Crippen molar-refractivity contribution in [2.24, 2.45) is 12.5 Å². The number of piperidine rings is 1. The Morgan fingerprint density at radius 1 is 1.30 bits per heavy atom. The van der Waals surface area contributed by atoms with Crippen LogP contribution in [0.15, 0.2) is 6.07 Å². The van der Waals surface area contributed by atoms with Gasteiger partial charge in [0.05, 0.1) is 5.69 Å². The zero-order valence-electron chi connectivity index (χ0n) is 11.5. The number of hydrogen-bond donors (Lipinski definition) is 1. The van der Waals surface area contributed by atoms with Crippen LogP contribution in [0.1, 0.15) is 24.2 Å². The second kappa shape index (κ2) is 4.73. The van der Waals surface area contributed by atoms with E-state index in [0.717, 1.165) is 45.1 Å². The fourth-order valence-electron chi connectivity index (χ4n) is 3.04. The van der Waals surface area contributed by atoms with Crippen LogP contribution in [0.4, 0.5) is 13.2 Å². The van der Waals surface area contributed by atoms with Crippen molar-refractivity contribution in [1.82, 2.24) is 20.0 Å². The lowest BCUT2D eigenvalue weighted by molar-refractivity contribution is -0.141. The van der Waals surface area contributed by atoms with Crippen molar-refractivity contribution >= 4 is 0 Å². The first-order valence-corrected chi connectivity index (χ1v) is 6.91. The average molecular weight is 288 g/mol. The summed E-state index contributed by atoms with van der Waals surface area (Å²) >= 11 is 0. The summed E-state index contributed by atoms with van der Waals surface area (Å²) < 4.78 is 39.2. The topological polar surface area (TPSA) is 33.1 Å². The Morgan fingerprint density at radius 3 is 2.40 bits per heavy atom. The van der Waals surface area contributed by atoms with Crippen LogP contribution in [0.2, 0.25) is 0 Å². The maximum Gasteiger partial charge on any atom is 0.435 e. The second-order valence-corrected chi connectivity index (χ2v) is 6.02. The largest absolute Gasteiger partial charge is 0.435 e. The molecule has 2 saturated heterocycles. The van der Waals surface area contributed by atoms with Crippen molar-refractivity contribution in [3.05, 3.63) is 17.5 Å². The van der Waals surface area contributed by atoms with Gasteiger partial charge in [-0.15, -0.1) is 0 Å². The molecular weight excluding hydrogens is 269 g/mol. The minimum atomic E-state index is -4.36. The molecule has 7 heteroatoms. The molecular formula is C13H19F3N4. The maximum absolute atomic E-state index is 12.6. The standard InChI is InChI=1S/C13H19F3N4/c1-19-10(6-11(18-19)13(14,15)16)7-20-4-2-12(3-5-20)8-17-9-12/h6,17H,2-5,7-9H2,1H3. The number of nitrogens with one attached hydrogen (secondary N) is 1. The highest BCUT2D eigenvalue weighted by molar-refractivity contribution is 5.13. The molecule has 0 bridgehead atoms. The highest BCUT2D eigenvalue weighted by Gasteiger charge is 2.40. The highest BCUT2D eigenvalue weighted by atomic mass is 19.4. The Kier molecular flexibility index (Phi) is 3.29. The van der Waals surface area contributed by atoms with Crippen molar-refractivity contribution in [2.45, 2.75) is 25.6 Å². The Balaban J connectivity index is 1.62. The molecule has 0 unspecified atom stereocenters. The Morgan fingerprint density at radius 2 is 1.95 bits per heavy atom. The van der Waals surface area contributed by atoms with Crippen molar-refractivity contribution in [3.8, 4) is 0 Å². The molecule has 2 aliphatic rings. The summed E-state index contributed by atoms with van der Waals surface area (Å²) in [4.78, 5) is 2.22. The third-order valence-electron chi connectivity index (χ3n) is 4.57. The number of rotatable bonds is 2. The van der Waals surface area contributed by atoms with E-state index >= 15 is 0 Å². The smallest absolute Gasteiger partial charge is 0.316 e. The summed E-state index contributed by atoms with van der Waals surface area (Å²) in [7, 11) is 1.58. The summed E-state index contributed by atoms with van der Waals surface area (Å²) in [5.41, 5.74) is 0.284. The van der Waals surface area contributed by atoms with Gasteiger partial charge in [0.1, 0.15) is 0 Å². The third kappa shape index (κ3) is 2.56. The van der Waals surface area contributed by atoms with Gasteiger partial charge in [0.25, 0.3) is 0 Å². The molecule has 20 heavy (non-hydrogen) atoms. The molecule has 1 spiro atoms. The zero-order chi connectivity index (χ0) is 14.4. The SMILES string of the molecule is Cn1nc(C(F)(F)F)cc1CN1CCC2(CC1)CNC2. The van der Waals surface area contributed by atoms with Crippen molar-refractivity contribution < 1.29 is 13.2 Å². The number of aryl methyl sites for hydroxylation is 1. The van der Waals surface area contributed by atoms with Crippen molar-refractivity contribution in [3.63, 3.8) is 0 Å². The number of alkyl halides is 3. The maximum atomic E-state index is 12.6. The summed E-state index contributed by atoms with van der Waals surface area (Å²) in [5, 5.41) is 6.87. The summed E-state index contributed by atoms with van der Waals surface area (Å²) in [5.74, 6) is 0. The van der Waals surface area contributed by atoms with Gasteiger partial charge in [0, 0.05) is 26.7 Å². The molecule has 0 aliphatic carbocycles. The highest BCUT2D eigenvalue weighted by Crippen LogP contribution is 2.35. The molecule has 3 rings (SSSR count). The predicted octanol–water partition coefficient (Wildman–Crippen LogP) is 1.62. The number of likely N-dealkylation sites (tertiary alicyclic amines) is 1. The number of nitrogens with zero attached hydrogens (tertiary/aromatic N) is 3. The van der Waals surface area contributed by atoms with Gasteiger partial charge in [-0.05, 0) is 37.4 Å². The lowest BCUT2D eigenvalue weighted by atomic mass is 9.73.